The summed E-state index contributed by atoms with van der Waals surface area (Å²) in [4.78, 5) is 18.4. The third-order valence-corrected chi connectivity index (χ3v) is 3.14. The maximum absolute atomic E-state index is 11.8. The molecule has 5 nitrogen and oxygen atoms in total. The third-order valence-electron chi connectivity index (χ3n) is 2.78. The Morgan fingerprint density at radius 1 is 1.38 bits per heavy atom. The van der Waals surface area contributed by atoms with Crippen LogP contribution in [-0.2, 0) is 0 Å². The summed E-state index contributed by atoms with van der Waals surface area (Å²) < 4.78 is 10.7. The zero-order valence-electron chi connectivity index (χ0n) is 12.0. The maximum Gasteiger partial charge on any atom is 0.262 e. The van der Waals surface area contributed by atoms with Crippen LogP contribution in [0, 0.1) is 0 Å². The first-order valence-corrected chi connectivity index (χ1v) is 6.83. The highest BCUT2D eigenvalue weighted by molar-refractivity contribution is 6.33. The van der Waals surface area contributed by atoms with Crippen molar-refractivity contribution in [3.05, 3.63) is 43.8 Å². The summed E-state index contributed by atoms with van der Waals surface area (Å²) in [5, 5.41) is 0.690. The van der Waals surface area contributed by atoms with Gasteiger partial charge in [0.1, 0.15) is 21.5 Å². The number of aromatic amines is 1. The number of fused-ring (bicyclic) bond motifs is 2. The van der Waals surface area contributed by atoms with Gasteiger partial charge in [-0.25, -0.2) is 0 Å². The monoisotopic (exact) mass is 306 g/mol. The molecule has 21 heavy (non-hydrogen) atoms. The minimum atomic E-state index is -0.299. The largest absolute Gasteiger partial charge is 0.495 e. The second-order valence-corrected chi connectivity index (χ2v) is 4.36. The Bertz CT molecular complexity index is 843. The quantitative estimate of drug-likeness (QED) is 0.744. The lowest BCUT2D eigenvalue weighted by Crippen LogP contribution is -2.37. The van der Waals surface area contributed by atoms with Crippen molar-refractivity contribution in [3.8, 4) is 17.4 Å². The van der Waals surface area contributed by atoms with Crippen molar-refractivity contribution in [1.82, 2.24) is 9.97 Å². The zero-order chi connectivity index (χ0) is 15.6. The number of hydrogen-bond acceptors (Lipinski definition) is 4. The fourth-order valence-electron chi connectivity index (χ4n) is 1.89. The van der Waals surface area contributed by atoms with Gasteiger partial charge in [-0.2, -0.15) is 4.98 Å². The molecule has 0 aliphatic carbocycles. The molecule has 0 fully saturated rings. The molecular formula is C15H15ClN2O3. The van der Waals surface area contributed by atoms with Crippen LogP contribution in [0.5, 0.6) is 17.4 Å². The van der Waals surface area contributed by atoms with Gasteiger partial charge in [-0.15, -0.1) is 0 Å². The van der Waals surface area contributed by atoms with E-state index in [9.17, 15) is 4.79 Å². The van der Waals surface area contributed by atoms with E-state index in [1.807, 2.05) is 13.8 Å². The molecule has 0 radical (unpaired) electrons. The van der Waals surface area contributed by atoms with Crippen LogP contribution in [0.3, 0.4) is 0 Å². The molecule has 0 amide bonds. The van der Waals surface area contributed by atoms with Crippen LogP contribution < -0.4 is 25.7 Å². The Hall–Kier alpha value is -2.27. The van der Waals surface area contributed by atoms with Gasteiger partial charge in [0.05, 0.1) is 7.11 Å². The number of H-pyrrole nitrogens is 1. The fourth-order valence-corrected chi connectivity index (χ4v) is 2.18. The summed E-state index contributed by atoms with van der Waals surface area (Å²) in [5.74, 6) is 1.11. The molecule has 1 aromatic heterocycles. The predicted octanol–water partition coefficient (Wildman–Crippen LogP) is 1.80. The van der Waals surface area contributed by atoms with Crippen LogP contribution in [0.1, 0.15) is 19.4 Å². The number of nitrogens with zero attached hydrogens (tertiary/aromatic N) is 1. The number of halogens is 1. The van der Waals surface area contributed by atoms with Gasteiger partial charge in [-0.3, -0.25) is 4.79 Å². The molecule has 1 aliphatic heterocycles. The summed E-state index contributed by atoms with van der Waals surface area (Å²) in [6.45, 7) is 7.58. The van der Waals surface area contributed by atoms with E-state index < -0.39 is 0 Å². The standard InChI is InChI=1S/C13H9ClN2O3.C2H6/c1-6-15-12(17)8-5-7-3-4-9(18-2)10(14)11(7)19-13(8)16-6;1-2/h3-5H,1H2,2H3,(H,15,17);1-2H3. The van der Waals surface area contributed by atoms with Gasteiger partial charge in [-0.1, -0.05) is 32.0 Å². The van der Waals surface area contributed by atoms with E-state index >= 15 is 0 Å². The maximum atomic E-state index is 11.8. The lowest BCUT2D eigenvalue weighted by atomic mass is 10.1. The van der Waals surface area contributed by atoms with Crippen molar-refractivity contribution in [2.45, 2.75) is 13.8 Å². The topological polar surface area (TPSA) is 64.2 Å². The summed E-state index contributed by atoms with van der Waals surface area (Å²) >= 11 is 6.17. The molecule has 2 heterocycles. The van der Waals surface area contributed by atoms with Crippen LogP contribution >= 0.6 is 11.6 Å². The van der Waals surface area contributed by atoms with Gasteiger partial charge in [-0.05, 0) is 18.2 Å². The Morgan fingerprint density at radius 2 is 2.10 bits per heavy atom. The molecular weight excluding hydrogens is 292 g/mol. The van der Waals surface area contributed by atoms with E-state index in [2.05, 4.69) is 16.5 Å². The van der Waals surface area contributed by atoms with E-state index in [0.29, 0.717) is 27.3 Å². The van der Waals surface area contributed by atoms with Crippen LogP contribution in [0.2, 0.25) is 5.02 Å². The first-order chi connectivity index (χ1) is 10.1. The normalized spacial score (nSPS) is 11.0. The van der Waals surface area contributed by atoms with Gasteiger partial charge in [0.15, 0.2) is 5.75 Å². The van der Waals surface area contributed by atoms with Gasteiger partial charge in [0, 0.05) is 5.56 Å². The smallest absolute Gasteiger partial charge is 0.262 e. The minimum absolute atomic E-state index is 0.191. The number of nitrogens with one attached hydrogen (secondary N) is 1. The number of methoxy groups -OCH3 is 1. The lowest BCUT2D eigenvalue weighted by Gasteiger charge is -2.16. The Kier molecular flexibility index (Phi) is 4.33. The van der Waals surface area contributed by atoms with Crippen molar-refractivity contribution in [2.24, 2.45) is 0 Å². The van der Waals surface area contributed by atoms with Gasteiger partial charge in [0.2, 0.25) is 5.88 Å². The highest BCUT2D eigenvalue weighted by Crippen LogP contribution is 2.40. The number of hydrogen-bond donors (Lipinski definition) is 1. The van der Waals surface area contributed by atoms with Crippen LogP contribution in [-0.4, -0.2) is 17.1 Å². The average molecular weight is 307 g/mol. The molecule has 0 bridgehead atoms. The molecule has 3 rings (SSSR count). The lowest BCUT2D eigenvalue weighted by molar-refractivity contribution is 0.405. The average Bonchev–Trinajstić information content (AvgIpc) is 2.49. The molecule has 0 spiro atoms. The van der Waals surface area contributed by atoms with Crippen molar-refractivity contribution < 1.29 is 9.47 Å². The third kappa shape index (κ3) is 2.64. The zero-order valence-corrected chi connectivity index (χ0v) is 12.7. The molecule has 110 valence electrons. The summed E-state index contributed by atoms with van der Waals surface area (Å²) in [6, 6.07) is 3.48. The van der Waals surface area contributed by atoms with E-state index in [1.165, 1.54) is 7.11 Å². The Labute approximate surface area is 126 Å². The first-order valence-electron chi connectivity index (χ1n) is 6.45. The van der Waals surface area contributed by atoms with E-state index in [1.54, 1.807) is 18.2 Å². The van der Waals surface area contributed by atoms with Crippen LogP contribution in [0.25, 0.3) is 12.7 Å². The van der Waals surface area contributed by atoms with Crippen LogP contribution in [0.15, 0.2) is 16.9 Å². The Morgan fingerprint density at radius 3 is 2.76 bits per heavy atom. The van der Waals surface area contributed by atoms with Crippen molar-refractivity contribution >= 4 is 24.3 Å². The highest BCUT2D eigenvalue weighted by Gasteiger charge is 2.19. The molecule has 0 saturated carbocycles. The first kappa shape index (κ1) is 15.1. The van der Waals surface area contributed by atoms with Gasteiger partial charge >= 0.3 is 0 Å². The number of aromatic nitrogens is 2. The Balaban J connectivity index is 0.000000774. The van der Waals surface area contributed by atoms with Crippen molar-refractivity contribution in [3.63, 3.8) is 0 Å². The molecule has 1 N–H and O–H groups in total. The molecule has 0 unspecified atom stereocenters. The van der Waals surface area contributed by atoms with E-state index in [4.69, 9.17) is 21.1 Å². The molecule has 6 heteroatoms. The van der Waals surface area contributed by atoms with Gasteiger partial charge in [0.25, 0.3) is 5.56 Å². The molecule has 0 saturated heterocycles. The molecule has 1 aromatic carbocycles. The predicted molar refractivity (Wildman–Crippen MR) is 82.6 cm³/mol. The number of benzene rings is 1. The SMILES string of the molecule is C=c1nc2c(c(=O)[nH]1)=Cc1ccc(OC)c(Cl)c1O2.CC. The van der Waals surface area contributed by atoms with Gasteiger partial charge < -0.3 is 14.5 Å². The summed E-state index contributed by atoms with van der Waals surface area (Å²) in [6.07, 6.45) is 1.67. The van der Waals surface area contributed by atoms with Crippen molar-refractivity contribution in [1.29, 1.82) is 0 Å². The molecule has 2 aromatic rings. The number of ether oxygens (including phenoxy) is 2. The van der Waals surface area contributed by atoms with E-state index in [0.717, 1.165) is 0 Å². The second-order valence-electron chi connectivity index (χ2n) is 3.98. The summed E-state index contributed by atoms with van der Waals surface area (Å²) in [7, 11) is 1.52. The highest BCUT2D eigenvalue weighted by atomic mass is 35.5. The molecule has 0 atom stereocenters. The second kappa shape index (κ2) is 6.01. The van der Waals surface area contributed by atoms with Crippen molar-refractivity contribution in [2.75, 3.05) is 7.11 Å². The van der Waals surface area contributed by atoms with Crippen LogP contribution in [0.4, 0.5) is 0 Å². The summed E-state index contributed by atoms with van der Waals surface area (Å²) in [5.41, 5.74) is 0.634. The van der Waals surface area contributed by atoms with E-state index in [-0.39, 0.29) is 16.9 Å². The molecule has 1 aliphatic rings. The number of rotatable bonds is 1. The fraction of sp³-hybridized carbons (Fsp3) is 0.200. The minimum Gasteiger partial charge on any atom is -0.495 e.